The van der Waals surface area contributed by atoms with Crippen LogP contribution in [0.2, 0.25) is 0 Å². The van der Waals surface area contributed by atoms with E-state index >= 15 is 0 Å². The maximum atomic E-state index is 12.7. The van der Waals surface area contributed by atoms with E-state index < -0.39 is 5.41 Å². The van der Waals surface area contributed by atoms with E-state index in [-0.39, 0.29) is 39.6 Å². The lowest BCUT2D eigenvalue weighted by molar-refractivity contribution is -0.152. The summed E-state index contributed by atoms with van der Waals surface area (Å²) in [6.07, 6.45) is 9.69. The van der Waals surface area contributed by atoms with Gasteiger partial charge in [-0.25, -0.2) is 0 Å². The largest absolute Gasteiger partial charge is 0.505 e. The van der Waals surface area contributed by atoms with Gasteiger partial charge in [0.2, 0.25) is 5.78 Å². The van der Waals surface area contributed by atoms with Crippen molar-refractivity contribution >= 4 is 11.6 Å². The molecule has 23 heavy (non-hydrogen) atoms. The van der Waals surface area contributed by atoms with Gasteiger partial charge in [0, 0.05) is 17.3 Å². The third-order valence-corrected chi connectivity index (χ3v) is 7.74. The molecule has 3 heteroatoms. The molecule has 2 bridgehead atoms. The number of carbonyl (C=O) groups excluding carboxylic acids is 2. The SMILES string of the molecule is CC1(C)C(=O)C(O)=C[C@@]2(C)[C@H]1CC[C@@]13C=C[C@@](C)(C1)C(=O)C[C@@H]32. The summed E-state index contributed by atoms with van der Waals surface area (Å²) in [5.74, 6) is 0.428. The minimum absolute atomic E-state index is 0.0567. The lowest BCUT2D eigenvalue weighted by Crippen LogP contribution is -2.59. The van der Waals surface area contributed by atoms with Gasteiger partial charge in [-0.15, -0.1) is 0 Å². The van der Waals surface area contributed by atoms with Crippen molar-refractivity contribution in [2.75, 3.05) is 0 Å². The molecule has 0 radical (unpaired) electrons. The molecule has 4 aliphatic carbocycles. The van der Waals surface area contributed by atoms with Crippen LogP contribution in [0.15, 0.2) is 24.0 Å². The molecule has 0 heterocycles. The predicted octanol–water partition coefficient (Wildman–Crippen LogP) is 4.00. The van der Waals surface area contributed by atoms with Gasteiger partial charge >= 0.3 is 0 Å². The van der Waals surface area contributed by atoms with Gasteiger partial charge in [0.05, 0.1) is 0 Å². The fourth-order valence-corrected chi connectivity index (χ4v) is 6.54. The van der Waals surface area contributed by atoms with Crippen LogP contribution >= 0.6 is 0 Å². The van der Waals surface area contributed by atoms with Crippen molar-refractivity contribution in [2.45, 2.75) is 53.4 Å². The summed E-state index contributed by atoms with van der Waals surface area (Å²) in [4.78, 5) is 25.2. The van der Waals surface area contributed by atoms with Gasteiger partial charge in [-0.1, -0.05) is 32.9 Å². The molecule has 124 valence electrons. The summed E-state index contributed by atoms with van der Waals surface area (Å²) >= 11 is 0. The van der Waals surface area contributed by atoms with E-state index in [2.05, 4.69) is 26.0 Å². The second-order valence-corrected chi connectivity index (χ2v) is 9.38. The van der Waals surface area contributed by atoms with Crippen molar-refractivity contribution in [1.29, 1.82) is 0 Å². The number of rotatable bonds is 0. The number of fused-ring (bicyclic) bond motifs is 3. The molecule has 0 unspecified atom stereocenters. The van der Waals surface area contributed by atoms with E-state index in [9.17, 15) is 14.7 Å². The predicted molar refractivity (Wildman–Crippen MR) is 87.7 cm³/mol. The number of allylic oxidation sites excluding steroid dienone is 4. The quantitative estimate of drug-likeness (QED) is 0.688. The summed E-state index contributed by atoms with van der Waals surface area (Å²) in [5, 5.41) is 10.3. The van der Waals surface area contributed by atoms with Gasteiger partial charge in [0.25, 0.3) is 0 Å². The molecule has 2 fully saturated rings. The van der Waals surface area contributed by atoms with Crippen molar-refractivity contribution in [3.05, 3.63) is 24.0 Å². The van der Waals surface area contributed by atoms with Crippen molar-refractivity contribution in [2.24, 2.45) is 33.5 Å². The highest BCUT2D eigenvalue weighted by Crippen LogP contribution is 2.69. The zero-order chi connectivity index (χ0) is 16.8. The number of ketones is 2. The molecule has 0 aromatic heterocycles. The minimum Gasteiger partial charge on any atom is -0.505 e. The summed E-state index contributed by atoms with van der Waals surface area (Å²) in [6.45, 7) is 8.14. The van der Waals surface area contributed by atoms with Gasteiger partial charge in [-0.2, -0.15) is 0 Å². The third-order valence-electron chi connectivity index (χ3n) is 7.74. The van der Waals surface area contributed by atoms with Gasteiger partial charge < -0.3 is 5.11 Å². The second kappa shape index (κ2) is 3.99. The van der Waals surface area contributed by atoms with Crippen molar-refractivity contribution in [1.82, 2.24) is 0 Å². The van der Waals surface area contributed by atoms with E-state index in [0.717, 1.165) is 19.3 Å². The lowest BCUT2D eigenvalue weighted by atomic mass is 9.41. The number of aliphatic hydroxyl groups excluding tert-OH is 1. The Kier molecular flexibility index (Phi) is 2.63. The van der Waals surface area contributed by atoms with Crippen LogP contribution in [-0.4, -0.2) is 16.7 Å². The second-order valence-electron chi connectivity index (χ2n) is 9.38. The van der Waals surface area contributed by atoms with Crippen LogP contribution in [0, 0.1) is 33.5 Å². The van der Waals surface area contributed by atoms with Crippen LogP contribution in [0.25, 0.3) is 0 Å². The van der Waals surface area contributed by atoms with Crippen LogP contribution in [-0.2, 0) is 9.59 Å². The molecule has 4 rings (SSSR count). The number of Topliss-reactive ketones (excluding diaryl/α,β-unsaturated/α-hetero) is 2. The van der Waals surface area contributed by atoms with Crippen LogP contribution in [0.5, 0.6) is 0 Å². The molecule has 0 amide bonds. The normalized spacial score (nSPS) is 50.3. The van der Waals surface area contributed by atoms with Gasteiger partial charge in [0.15, 0.2) is 5.76 Å². The fourth-order valence-electron chi connectivity index (χ4n) is 6.54. The Bertz CT molecular complexity index is 685. The van der Waals surface area contributed by atoms with Gasteiger partial charge in [-0.05, 0) is 54.9 Å². The number of carbonyl (C=O) groups is 2. The third kappa shape index (κ3) is 1.61. The monoisotopic (exact) mass is 314 g/mol. The number of hydrogen-bond donors (Lipinski definition) is 1. The Hall–Kier alpha value is -1.38. The molecule has 1 N–H and O–H groups in total. The molecule has 3 nitrogen and oxygen atoms in total. The zero-order valence-electron chi connectivity index (χ0n) is 14.5. The van der Waals surface area contributed by atoms with E-state index in [1.165, 1.54) is 0 Å². The first-order valence-electron chi connectivity index (χ1n) is 8.76. The molecule has 2 saturated carbocycles. The standard InChI is InChI=1S/C20H26O3/c1-17(2)13-5-6-20-8-7-18(3,11-20)15(22)9-14(20)19(13,4)10-12(21)16(17)23/h7-8,10,13-14,21H,5-6,9,11H2,1-4H3/t13-,14+,18-,19-,20+/m0/s1. The van der Waals surface area contributed by atoms with Crippen molar-refractivity contribution in [3.63, 3.8) is 0 Å². The molecule has 5 atom stereocenters. The van der Waals surface area contributed by atoms with E-state index in [1.54, 1.807) is 6.08 Å². The summed E-state index contributed by atoms with van der Waals surface area (Å²) < 4.78 is 0. The number of aliphatic hydroxyl groups is 1. The lowest BCUT2D eigenvalue weighted by Gasteiger charge is -2.61. The summed E-state index contributed by atoms with van der Waals surface area (Å²) in [6, 6.07) is 0. The fraction of sp³-hybridized carbons (Fsp3) is 0.700. The topological polar surface area (TPSA) is 54.4 Å². The highest BCUT2D eigenvalue weighted by molar-refractivity contribution is 5.99. The maximum absolute atomic E-state index is 12.7. The van der Waals surface area contributed by atoms with Crippen LogP contribution in [0.4, 0.5) is 0 Å². The van der Waals surface area contributed by atoms with Gasteiger partial charge in [0.1, 0.15) is 5.78 Å². The smallest absolute Gasteiger partial charge is 0.202 e. The van der Waals surface area contributed by atoms with Crippen molar-refractivity contribution < 1.29 is 14.7 Å². The van der Waals surface area contributed by atoms with E-state index in [4.69, 9.17) is 0 Å². The molecule has 0 aromatic rings. The Balaban J connectivity index is 1.88. The molecule has 0 saturated heterocycles. The maximum Gasteiger partial charge on any atom is 0.202 e. The molecular weight excluding hydrogens is 288 g/mol. The molecule has 0 aromatic carbocycles. The Labute approximate surface area is 137 Å². The van der Waals surface area contributed by atoms with Crippen LogP contribution < -0.4 is 0 Å². The molecule has 0 aliphatic heterocycles. The summed E-state index contributed by atoms with van der Waals surface area (Å²) in [7, 11) is 0. The van der Waals surface area contributed by atoms with Crippen LogP contribution in [0.3, 0.4) is 0 Å². The van der Waals surface area contributed by atoms with Crippen LogP contribution in [0.1, 0.15) is 53.4 Å². The van der Waals surface area contributed by atoms with Gasteiger partial charge in [-0.3, -0.25) is 9.59 Å². The minimum atomic E-state index is -0.568. The summed E-state index contributed by atoms with van der Waals surface area (Å²) in [5.41, 5.74) is -1.11. The molecular formula is C20H26O3. The zero-order valence-corrected chi connectivity index (χ0v) is 14.5. The Morgan fingerprint density at radius 1 is 1.09 bits per heavy atom. The van der Waals surface area contributed by atoms with E-state index in [0.29, 0.717) is 12.2 Å². The first-order chi connectivity index (χ1) is 10.6. The first kappa shape index (κ1) is 15.2. The average molecular weight is 314 g/mol. The Morgan fingerprint density at radius 3 is 2.48 bits per heavy atom. The van der Waals surface area contributed by atoms with Crippen molar-refractivity contribution in [3.8, 4) is 0 Å². The molecule has 1 spiro atoms. The average Bonchev–Trinajstić information content (AvgIpc) is 2.75. The highest BCUT2D eigenvalue weighted by Gasteiger charge is 2.66. The molecule has 4 aliphatic rings. The first-order valence-corrected chi connectivity index (χ1v) is 8.76. The van der Waals surface area contributed by atoms with E-state index in [1.807, 2.05) is 13.8 Å². The Morgan fingerprint density at radius 2 is 1.78 bits per heavy atom. The highest BCUT2D eigenvalue weighted by atomic mass is 16.3. The number of hydrogen-bond acceptors (Lipinski definition) is 3.